The van der Waals surface area contributed by atoms with E-state index in [0.717, 1.165) is 35.9 Å². The standard InChI is InChI=1S/C32H36N2O5S/c1-29(2)38-26-14-21-20-10-9-18-13-19(35)11-12-30(18,3)28(20)24(36)15-31(21,4)32(26,39-29)25(37)17-40-27-16-33-22-7-5-6-8-23(22)34-27/h5-8,11-13,16,20-21,24,26,28,36H,9-10,14-15,17H2,1-4H3/t20?,21?,24-,26+,28?,30?,31?,32+/m0/s1. The van der Waals surface area contributed by atoms with E-state index in [9.17, 15) is 14.7 Å². The average molecular weight is 561 g/mol. The molecule has 8 atom stereocenters. The van der Waals surface area contributed by atoms with Crippen LogP contribution in [0, 0.1) is 28.6 Å². The molecule has 1 aromatic heterocycles. The van der Waals surface area contributed by atoms with Crippen LogP contribution in [-0.4, -0.2) is 56.0 Å². The van der Waals surface area contributed by atoms with Crippen molar-refractivity contribution in [3.63, 3.8) is 0 Å². The molecule has 1 aromatic carbocycles. The quantitative estimate of drug-likeness (QED) is 0.518. The molecule has 3 saturated carbocycles. The molecule has 210 valence electrons. The highest BCUT2D eigenvalue weighted by atomic mass is 32.2. The molecule has 1 saturated heterocycles. The van der Waals surface area contributed by atoms with Gasteiger partial charge in [-0.2, -0.15) is 0 Å². The van der Waals surface area contributed by atoms with Crippen LogP contribution in [-0.2, 0) is 19.1 Å². The zero-order valence-electron chi connectivity index (χ0n) is 23.4. The molecule has 0 amide bonds. The number of thioether (sulfide) groups is 1. The van der Waals surface area contributed by atoms with E-state index in [1.54, 1.807) is 18.3 Å². The van der Waals surface area contributed by atoms with Crippen molar-refractivity contribution in [1.29, 1.82) is 0 Å². The van der Waals surface area contributed by atoms with E-state index >= 15 is 0 Å². The first-order valence-electron chi connectivity index (χ1n) is 14.4. The molecule has 1 N–H and O–H groups in total. The van der Waals surface area contributed by atoms with Crippen molar-refractivity contribution in [3.05, 3.63) is 54.3 Å². The zero-order valence-corrected chi connectivity index (χ0v) is 24.2. The summed E-state index contributed by atoms with van der Waals surface area (Å²) in [5.74, 6) is -0.367. The number of rotatable bonds is 4. The van der Waals surface area contributed by atoms with Crippen molar-refractivity contribution in [2.45, 2.75) is 82.0 Å². The highest BCUT2D eigenvalue weighted by Crippen LogP contribution is 2.70. The monoisotopic (exact) mass is 560 g/mol. The van der Waals surface area contributed by atoms with E-state index in [1.165, 1.54) is 11.8 Å². The number of carbonyl (C=O) groups is 2. The number of ketones is 2. The third-order valence-corrected chi connectivity index (χ3v) is 11.6. The Morgan fingerprint density at radius 1 is 1.18 bits per heavy atom. The molecule has 8 heteroatoms. The number of carbonyl (C=O) groups excluding carboxylic acids is 2. The van der Waals surface area contributed by atoms with Gasteiger partial charge in [0, 0.05) is 16.7 Å². The number of hydrogen-bond acceptors (Lipinski definition) is 8. The SMILES string of the molecule is CC1(C)O[C@@H]2CC3C4CCC5=CC(=O)C=CC5(C)C4[C@@H](O)CC3(C)[C@]2(C(=O)CSc2cnc3ccccc3n2)O1. The van der Waals surface area contributed by atoms with Gasteiger partial charge in [-0.05, 0) is 75.7 Å². The summed E-state index contributed by atoms with van der Waals surface area (Å²) < 4.78 is 13.2. The highest BCUT2D eigenvalue weighted by molar-refractivity contribution is 7.99. The molecule has 2 aromatic rings. The zero-order chi connectivity index (χ0) is 28.1. The Labute approximate surface area is 238 Å². The number of para-hydroxylation sites is 2. The minimum absolute atomic E-state index is 0.00977. The van der Waals surface area contributed by atoms with Crippen molar-refractivity contribution >= 4 is 34.4 Å². The molecular formula is C32H36N2O5S. The number of aliphatic hydroxyl groups excluding tert-OH is 1. The summed E-state index contributed by atoms with van der Waals surface area (Å²) >= 11 is 1.38. The molecule has 2 heterocycles. The lowest BCUT2D eigenvalue weighted by molar-refractivity contribution is -0.223. The summed E-state index contributed by atoms with van der Waals surface area (Å²) in [5.41, 5.74) is 0.626. The fraction of sp³-hybridized carbons (Fsp3) is 0.562. The van der Waals surface area contributed by atoms with Crippen LogP contribution in [0.4, 0.5) is 0 Å². The van der Waals surface area contributed by atoms with E-state index < -0.39 is 22.9 Å². The molecule has 1 aliphatic heterocycles. The lowest BCUT2D eigenvalue weighted by Crippen LogP contribution is -2.63. The van der Waals surface area contributed by atoms with Crippen LogP contribution >= 0.6 is 11.8 Å². The fourth-order valence-corrected chi connectivity index (χ4v) is 9.96. The van der Waals surface area contributed by atoms with Crippen LogP contribution in [0.1, 0.15) is 53.4 Å². The Hall–Kier alpha value is -2.39. The molecule has 7 nitrogen and oxygen atoms in total. The maximum atomic E-state index is 14.4. The van der Waals surface area contributed by atoms with Crippen molar-refractivity contribution < 1.29 is 24.2 Å². The molecule has 0 radical (unpaired) electrons. The van der Waals surface area contributed by atoms with Gasteiger partial charge in [0.15, 0.2) is 23.0 Å². The summed E-state index contributed by atoms with van der Waals surface area (Å²) in [6, 6.07) is 7.70. The van der Waals surface area contributed by atoms with Crippen molar-refractivity contribution in [1.82, 2.24) is 9.97 Å². The molecule has 5 unspecified atom stereocenters. The van der Waals surface area contributed by atoms with Gasteiger partial charge >= 0.3 is 0 Å². The van der Waals surface area contributed by atoms with Crippen LogP contribution in [0.2, 0.25) is 0 Å². The van der Waals surface area contributed by atoms with Gasteiger partial charge < -0.3 is 14.6 Å². The topological polar surface area (TPSA) is 98.6 Å². The Morgan fingerprint density at radius 2 is 1.95 bits per heavy atom. The van der Waals surface area contributed by atoms with Gasteiger partial charge in [-0.3, -0.25) is 14.6 Å². The van der Waals surface area contributed by atoms with Crippen LogP contribution in [0.3, 0.4) is 0 Å². The number of fused-ring (bicyclic) bond motifs is 8. The Balaban J connectivity index is 1.22. The van der Waals surface area contributed by atoms with Crippen molar-refractivity contribution in [2.24, 2.45) is 28.6 Å². The smallest absolute Gasteiger partial charge is 0.178 e. The number of allylic oxidation sites excluding steroid dienone is 4. The second-order valence-electron chi connectivity index (χ2n) is 13.2. The first-order valence-corrected chi connectivity index (χ1v) is 15.3. The summed E-state index contributed by atoms with van der Waals surface area (Å²) in [6.45, 7) is 8.07. The Morgan fingerprint density at radius 3 is 2.75 bits per heavy atom. The van der Waals surface area contributed by atoms with E-state index in [0.29, 0.717) is 11.4 Å². The lowest BCUT2D eigenvalue weighted by atomic mass is 9.46. The Bertz CT molecular complexity index is 1490. The van der Waals surface area contributed by atoms with Crippen LogP contribution < -0.4 is 0 Å². The molecule has 4 aliphatic carbocycles. The predicted molar refractivity (Wildman–Crippen MR) is 151 cm³/mol. The lowest BCUT2D eigenvalue weighted by Gasteiger charge is -2.60. The molecule has 4 fully saturated rings. The van der Waals surface area contributed by atoms with Gasteiger partial charge in [-0.25, -0.2) is 4.98 Å². The number of aliphatic hydroxyl groups is 1. The average Bonchev–Trinajstić information content (AvgIpc) is 3.32. The van der Waals surface area contributed by atoms with Gasteiger partial charge in [0.2, 0.25) is 0 Å². The third kappa shape index (κ3) is 3.62. The van der Waals surface area contributed by atoms with Gasteiger partial charge in [0.25, 0.3) is 0 Å². The number of Topliss-reactive ketones (excluding diaryl/α,β-unsaturated/α-hetero) is 1. The summed E-state index contributed by atoms with van der Waals surface area (Å²) in [5, 5.41) is 12.6. The maximum absolute atomic E-state index is 14.4. The highest BCUT2D eigenvalue weighted by Gasteiger charge is 2.76. The first kappa shape index (κ1) is 26.5. The second-order valence-corrected chi connectivity index (χ2v) is 14.2. The van der Waals surface area contributed by atoms with E-state index in [1.807, 2.05) is 44.2 Å². The summed E-state index contributed by atoms with van der Waals surface area (Å²) in [4.78, 5) is 35.8. The predicted octanol–water partition coefficient (Wildman–Crippen LogP) is 5.07. The number of nitrogens with zero attached hydrogens (tertiary/aromatic N) is 2. The molecule has 5 aliphatic rings. The number of benzene rings is 1. The van der Waals surface area contributed by atoms with Gasteiger partial charge in [0.05, 0.1) is 35.2 Å². The normalized spacial score (nSPS) is 41.2. The molecular weight excluding hydrogens is 524 g/mol. The van der Waals surface area contributed by atoms with Gasteiger partial charge in [-0.1, -0.05) is 49.4 Å². The van der Waals surface area contributed by atoms with Crippen molar-refractivity contribution in [2.75, 3.05) is 5.75 Å². The first-order chi connectivity index (χ1) is 19.0. The van der Waals surface area contributed by atoms with E-state index in [-0.39, 0.29) is 46.6 Å². The molecule has 40 heavy (non-hydrogen) atoms. The van der Waals surface area contributed by atoms with Gasteiger partial charge in [0.1, 0.15) is 5.03 Å². The molecule has 0 spiro atoms. The number of ether oxygens (including phenoxy) is 2. The van der Waals surface area contributed by atoms with E-state index in [4.69, 9.17) is 14.5 Å². The minimum Gasteiger partial charge on any atom is -0.393 e. The Kier molecular flexibility index (Phi) is 5.83. The van der Waals surface area contributed by atoms with Crippen LogP contribution in [0.5, 0.6) is 0 Å². The van der Waals surface area contributed by atoms with Crippen LogP contribution in [0.25, 0.3) is 11.0 Å². The second kappa shape index (κ2) is 8.81. The van der Waals surface area contributed by atoms with Crippen molar-refractivity contribution in [3.8, 4) is 0 Å². The minimum atomic E-state index is -1.15. The molecule has 7 rings (SSSR count). The van der Waals surface area contributed by atoms with Crippen LogP contribution in [0.15, 0.2) is 59.3 Å². The summed E-state index contributed by atoms with van der Waals surface area (Å²) in [7, 11) is 0. The fourth-order valence-electron chi connectivity index (χ4n) is 9.18. The molecule has 0 bridgehead atoms. The van der Waals surface area contributed by atoms with Gasteiger partial charge in [-0.15, -0.1) is 0 Å². The largest absolute Gasteiger partial charge is 0.393 e. The number of hydrogen-bond donors (Lipinski definition) is 1. The third-order valence-electron chi connectivity index (χ3n) is 10.7. The number of aromatic nitrogens is 2. The summed E-state index contributed by atoms with van der Waals surface area (Å²) in [6.07, 6.45) is 9.02. The maximum Gasteiger partial charge on any atom is 0.178 e. The van der Waals surface area contributed by atoms with E-state index in [2.05, 4.69) is 18.8 Å².